The molecule has 8 heteroatoms. The predicted octanol–water partition coefficient (Wildman–Crippen LogP) is 3.79. The number of hydrogen-bond acceptors (Lipinski definition) is 6. The number of carbonyl (C=O) groups excluding carboxylic acids is 1. The predicted molar refractivity (Wildman–Crippen MR) is 96.0 cm³/mol. The van der Waals surface area contributed by atoms with E-state index >= 15 is 0 Å². The first kappa shape index (κ1) is 16.3. The van der Waals surface area contributed by atoms with E-state index in [0.29, 0.717) is 27.1 Å². The van der Waals surface area contributed by atoms with Gasteiger partial charge in [-0.05, 0) is 24.3 Å². The summed E-state index contributed by atoms with van der Waals surface area (Å²) in [5, 5.41) is 9.21. The van der Waals surface area contributed by atoms with Crippen LogP contribution in [0.5, 0.6) is 0 Å². The summed E-state index contributed by atoms with van der Waals surface area (Å²) in [6.07, 6.45) is 0. The first-order chi connectivity index (χ1) is 11.6. The molecule has 0 bridgehead atoms. The summed E-state index contributed by atoms with van der Waals surface area (Å²) in [6.45, 7) is 0.0271. The van der Waals surface area contributed by atoms with Crippen molar-refractivity contribution in [3.8, 4) is 0 Å². The summed E-state index contributed by atoms with van der Waals surface area (Å²) in [6, 6.07) is 14.2. The van der Waals surface area contributed by atoms with E-state index in [1.165, 1.54) is 0 Å². The standard InChI is InChI=1S/C16H12Cl2N4O2/c17-10-5-1-3-7-12(10)19-21-14-9-24-16(23)15(14)22-20-13-8-4-2-6-11(13)18/h1-8,19-20H,9H2/b21-14+,22-15-. The molecule has 0 unspecified atom stereocenters. The number of halogens is 2. The number of para-hydroxylation sites is 2. The van der Waals surface area contributed by atoms with E-state index in [-0.39, 0.29) is 12.3 Å². The van der Waals surface area contributed by atoms with Crippen molar-refractivity contribution in [2.75, 3.05) is 17.5 Å². The lowest BCUT2D eigenvalue weighted by Crippen LogP contribution is -2.18. The number of ether oxygens (including phenoxy) is 1. The molecule has 1 heterocycles. The Morgan fingerprint density at radius 3 is 2.00 bits per heavy atom. The zero-order chi connectivity index (χ0) is 16.9. The summed E-state index contributed by atoms with van der Waals surface area (Å²) in [7, 11) is 0. The highest BCUT2D eigenvalue weighted by Gasteiger charge is 2.29. The lowest BCUT2D eigenvalue weighted by Gasteiger charge is -2.04. The van der Waals surface area contributed by atoms with Crippen LogP contribution in [-0.2, 0) is 9.53 Å². The maximum Gasteiger partial charge on any atom is 0.361 e. The highest BCUT2D eigenvalue weighted by atomic mass is 35.5. The SMILES string of the molecule is O=C1OCC(=N\Nc2ccccc2Cl)/C1=N/Nc1ccccc1Cl. The van der Waals surface area contributed by atoms with Crippen molar-refractivity contribution in [3.63, 3.8) is 0 Å². The molecule has 0 amide bonds. The second kappa shape index (κ2) is 7.33. The first-order valence-electron chi connectivity index (χ1n) is 6.98. The highest BCUT2D eigenvalue weighted by Crippen LogP contribution is 2.21. The lowest BCUT2D eigenvalue weighted by atomic mass is 10.3. The van der Waals surface area contributed by atoms with Gasteiger partial charge in [0.15, 0.2) is 5.71 Å². The van der Waals surface area contributed by atoms with Gasteiger partial charge in [-0.15, -0.1) is 0 Å². The number of cyclic esters (lactones) is 1. The van der Waals surface area contributed by atoms with Gasteiger partial charge in [-0.2, -0.15) is 10.2 Å². The Morgan fingerprint density at radius 2 is 1.42 bits per heavy atom. The lowest BCUT2D eigenvalue weighted by molar-refractivity contribution is -0.132. The molecule has 2 aromatic carbocycles. The number of benzene rings is 2. The van der Waals surface area contributed by atoms with Gasteiger partial charge in [-0.25, -0.2) is 4.79 Å². The molecular formula is C16H12Cl2N4O2. The molecule has 1 aliphatic heterocycles. The molecular weight excluding hydrogens is 351 g/mol. The number of hydrogen-bond donors (Lipinski definition) is 2. The zero-order valence-electron chi connectivity index (χ0n) is 12.3. The van der Waals surface area contributed by atoms with Gasteiger partial charge in [-0.3, -0.25) is 10.9 Å². The van der Waals surface area contributed by atoms with Crippen LogP contribution in [0.3, 0.4) is 0 Å². The average molecular weight is 363 g/mol. The maximum absolute atomic E-state index is 11.8. The second-order valence-corrected chi connectivity index (χ2v) is 5.59. The topological polar surface area (TPSA) is 75.1 Å². The van der Waals surface area contributed by atoms with Crippen molar-refractivity contribution in [2.24, 2.45) is 10.2 Å². The monoisotopic (exact) mass is 362 g/mol. The van der Waals surface area contributed by atoms with E-state index < -0.39 is 5.97 Å². The van der Waals surface area contributed by atoms with Gasteiger partial charge in [0.05, 0.1) is 21.4 Å². The van der Waals surface area contributed by atoms with Gasteiger partial charge in [0, 0.05) is 0 Å². The zero-order valence-corrected chi connectivity index (χ0v) is 13.8. The molecule has 1 fully saturated rings. The normalized spacial score (nSPS) is 17.2. The molecule has 0 saturated carbocycles. The number of esters is 1. The van der Waals surface area contributed by atoms with Gasteiger partial charge >= 0.3 is 5.97 Å². The Hall–Kier alpha value is -2.57. The van der Waals surface area contributed by atoms with E-state index in [2.05, 4.69) is 21.1 Å². The van der Waals surface area contributed by atoms with Crippen LogP contribution >= 0.6 is 23.2 Å². The minimum atomic E-state index is -0.561. The Bertz CT molecular complexity index is 836. The number of anilines is 2. The largest absolute Gasteiger partial charge is 0.454 e. The van der Waals surface area contributed by atoms with Gasteiger partial charge in [0.1, 0.15) is 12.3 Å². The Kier molecular flexibility index (Phi) is 4.98. The summed E-state index contributed by atoms with van der Waals surface area (Å²) < 4.78 is 4.97. The van der Waals surface area contributed by atoms with E-state index in [9.17, 15) is 4.79 Å². The van der Waals surface area contributed by atoms with Crippen molar-refractivity contribution in [1.82, 2.24) is 0 Å². The van der Waals surface area contributed by atoms with Crippen molar-refractivity contribution in [1.29, 1.82) is 0 Å². The molecule has 0 atom stereocenters. The number of carbonyl (C=O) groups is 1. The summed E-state index contributed by atoms with van der Waals surface area (Å²) >= 11 is 12.1. The van der Waals surface area contributed by atoms with Crippen LogP contribution in [0.1, 0.15) is 0 Å². The molecule has 0 aromatic heterocycles. The molecule has 1 saturated heterocycles. The van der Waals surface area contributed by atoms with Crippen LogP contribution in [0.4, 0.5) is 11.4 Å². The molecule has 24 heavy (non-hydrogen) atoms. The first-order valence-corrected chi connectivity index (χ1v) is 7.73. The molecule has 0 aliphatic carbocycles. The molecule has 2 N–H and O–H groups in total. The third-order valence-corrected chi connectivity index (χ3v) is 3.81. The van der Waals surface area contributed by atoms with Gasteiger partial charge in [-0.1, -0.05) is 47.5 Å². The Morgan fingerprint density at radius 1 is 0.875 bits per heavy atom. The molecule has 0 radical (unpaired) electrons. The van der Waals surface area contributed by atoms with Crippen LogP contribution in [0.15, 0.2) is 58.7 Å². The number of hydrazone groups is 2. The smallest absolute Gasteiger partial charge is 0.361 e. The van der Waals surface area contributed by atoms with E-state index in [0.717, 1.165) is 0 Å². The van der Waals surface area contributed by atoms with Crippen molar-refractivity contribution < 1.29 is 9.53 Å². The molecule has 122 valence electrons. The molecule has 6 nitrogen and oxygen atoms in total. The third kappa shape index (κ3) is 3.67. The van der Waals surface area contributed by atoms with Gasteiger partial charge in [0.25, 0.3) is 0 Å². The third-order valence-electron chi connectivity index (χ3n) is 3.15. The van der Waals surface area contributed by atoms with Gasteiger partial charge in [0.2, 0.25) is 0 Å². The quantitative estimate of drug-likeness (QED) is 0.640. The fourth-order valence-corrected chi connectivity index (χ4v) is 2.29. The minimum absolute atomic E-state index is 0.0271. The fourth-order valence-electron chi connectivity index (χ4n) is 1.93. The average Bonchev–Trinajstić information content (AvgIpc) is 2.93. The van der Waals surface area contributed by atoms with Crippen molar-refractivity contribution in [3.05, 3.63) is 58.6 Å². The minimum Gasteiger partial charge on any atom is -0.454 e. The van der Waals surface area contributed by atoms with Crippen LogP contribution in [-0.4, -0.2) is 24.0 Å². The highest BCUT2D eigenvalue weighted by molar-refractivity contribution is 6.68. The maximum atomic E-state index is 11.8. The van der Waals surface area contributed by atoms with Crippen LogP contribution < -0.4 is 10.9 Å². The number of rotatable bonds is 4. The summed E-state index contributed by atoms with van der Waals surface area (Å²) in [5.74, 6) is -0.561. The van der Waals surface area contributed by atoms with Gasteiger partial charge < -0.3 is 4.74 Å². The van der Waals surface area contributed by atoms with Crippen molar-refractivity contribution in [2.45, 2.75) is 0 Å². The number of nitrogens with zero attached hydrogens (tertiary/aromatic N) is 2. The Labute approximate surface area is 148 Å². The molecule has 0 spiro atoms. The fraction of sp³-hybridized carbons (Fsp3) is 0.0625. The molecule has 3 rings (SSSR count). The van der Waals surface area contributed by atoms with E-state index in [4.69, 9.17) is 27.9 Å². The summed E-state index contributed by atoms with van der Waals surface area (Å²) in [4.78, 5) is 11.8. The van der Waals surface area contributed by atoms with Crippen molar-refractivity contribution >= 4 is 52.0 Å². The van der Waals surface area contributed by atoms with Crippen LogP contribution in [0.2, 0.25) is 10.0 Å². The second-order valence-electron chi connectivity index (χ2n) is 4.78. The molecule has 1 aliphatic rings. The van der Waals surface area contributed by atoms with E-state index in [1.807, 2.05) is 12.1 Å². The van der Waals surface area contributed by atoms with E-state index in [1.54, 1.807) is 36.4 Å². The Balaban J connectivity index is 1.79. The molecule has 2 aromatic rings. The summed E-state index contributed by atoms with van der Waals surface area (Å²) in [5.41, 5.74) is 7.18. The number of nitrogens with one attached hydrogen (secondary N) is 2. The van der Waals surface area contributed by atoms with Crippen LogP contribution in [0.25, 0.3) is 0 Å². The van der Waals surface area contributed by atoms with Crippen LogP contribution in [0, 0.1) is 0 Å².